The summed E-state index contributed by atoms with van der Waals surface area (Å²) in [5.41, 5.74) is 2.10. The van der Waals surface area contributed by atoms with Gasteiger partial charge in [0.25, 0.3) is 0 Å². The van der Waals surface area contributed by atoms with Crippen LogP contribution in [0.15, 0.2) is 35.4 Å². The van der Waals surface area contributed by atoms with Gasteiger partial charge >= 0.3 is 0 Å². The molecule has 0 radical (unpaired) electrons. The summed E-state index contributed by atoms with van der Waals surface area (Å²) in [7, 11) is 0. The molecule has 66 valence electrons. The van der Waals surface area contributed by atoms with E-state index in [9.17, 15) is 0 Å². The van der Waals surface area contributed by atoms with Gasteiger partial charge in [-0.05, 0) is 5.56 Å². The van der Waals surface area contributed by atoms with Gasteiger partial charge in [-0.1, -0.05) is 35.5 Å². The van der Waals surface area contributed by atoms with E-state index in [0.717, 1.165) is 17.1 Å². The molecule has 13 heavy (non-hydrogen) atoms. The molecule has 0 atom stereocenters. The first kappa shape index (κ1) is 8.31. The highest BCUT2D eigenvalue weighted by molar-refractivity contribution is 7.80. The molecule has 0 aliphatic carbocycles. The van der Waals surface area contributed by atoms with E-state index in [1.807, 2.05) is 18.2 Å². The Labute approximate surface area is 81.6 Å². The third kappa shape index (κ3) is 1.89. The largest absolute Gasteiger partial charge is 0.252 e. The van der Waals surface area contributed by atoms with Crippen LogP contribution in [0.25, 0.3) is 0 Å². The normalized spacial score (nSPS) is 10.2. The molecular weight excluding hydrogens is 182 g/mol. The second kappa shape index (κ2) is 3.62. The Morgan fingerprint density at radius 3 is 2.62 bits per heavy atom. The molecular formula is C9H9N3S. The van der Waals surface area contributed by atoms with E-state index in [-0.39, 0.29) is 0 Å². The van der Waals surface area contributed by atoms with Gasteiger partial charge < -0.3 is 0 Å². The number of nitrogens with one attached hydrogen (secondary N) is 1. The summed E-state index contributed by atoms with van der Waals surface area (Å²) in [5.74, 6) is 0. The summed E-state index contributed by atoms with van der Waals surface area (Å²) in [5, 5.41) is 11.0. The summed E-state index contributed by atoms with van der Waals surface area (Å²) in [4.78, 5) is 0. The lowest BCUT2D eigenvalue weighted by molar-refractivity contribution is 0.905. The van der Waals surface area contributed by atoms with Gasteiger partial charge in [0.2, 0.25) is 0 Å². The van der Waals surface area contributed by atoms with Crippen LogP contribution in [0.4, 0.5) is 0 Å². The molecule has 0 unspecified atom stereocenters. The van der Waals surface area contributed by atoms with Crippen LogP contribution in [0.5, 0.6) is 0 Å². The van der Waals surface area contributed by atoms with Gasteiger partial charge in [-0.25, -0.2) is 0 Å². The maximum Gasteiger partial charge on any atom is 0.112 e. The van der Waals surface area contributed by atoms with Crippen molar-refractivity contribution in [1.82, 2.24) is 15.4 Å². The fraction of sp³-hybridized carbons (Fsp3) is 0.111. The molecule has 3 nitrogen and oxygen atoms in total. The highest BCUT2D eigenvalue weighted by Crippen LogP contribution is 2.11. The Bertz CT molecular complexity index is 383. The van der Waals surface area contributed by atoms with Gasteiger partial charge in [-0.3, -0.25) is 5.10 Å². The summed E-state index contributed by atoms with van der Waals surface area (Å²) < 4.78 is 0. The first-order chi connectivity index (χ1) is 6.36. The number of nitrogens with zero attached hydrogens (tertiary/aromatic N) is 2. The molecule has 0 aliphatic heterocycles. The average molecular weight is 191 g/mol. The molecule has 0 spiro atoms. The first-order valence-corrected chi connectivity index (χ1v) is 4.44. The number of aromatic amines is 1. The van der Waals surface area contributed by atoms with Gasteiger partial charge in [0, 0.05) is 6.42 Å². The summed E-state index contributed by atoms with van der Waals surface area (Å²) in [6.45, 7) is 0. The zero-order chi connectivity index (χ0) is 9.10. The monoisotopic (exact) mass is 191 g/mol. The van der Waals surface area contributed by atoms with Crippen molar-refractivity contribution < 1.29 is 0 Å². The highest BCUT2D eigenvalue weighted by atomic mass is 32.1. The molecule has 1 heterocycles. The van der Waals surface area contributed by atoms with Crippen molar-refractivity contribution >= 4 is 12.6 Å². The Hall–Kier alpha value is -1.29. The number of H-pyrrole nitrogens is 1. The van der Waals surface area contributed by atoms with Crippen LogP contribution in [0.1, 0.15) is 11.3 Å². The van der Waals surface area contributed by atoms with Crippen molar-refractivity contribution in [2.75, 3.05) is 0 Å². The maximum absolute atomic E-state index is 4.20. The molecule has 1 aromatic heterocycles. The Kier molecular flexibility index (Phi) is 2.31. The van der Waals surface area contributed by atoms with Crippen LogP contribution in [0.3, 0.4) is 0 Å². The van der Waals surface area contributed by atoms with E-state index in [4.69, 9.17) is 0 Å². The zero-order valence-electron chi connectivity index (χ0n) is 6.94. The summed E-state index contributed by atoms with van der Waals surface area (Å²) >= 11 is 4.20. The van der Waals surface area contributed by atoms with Gasteiger partial charge in [0.05, 0.1) is 0 Å². The lowest BCUT2D eigenvalue weighted by Crippen LogP contribution is -1.88. The number of hydrogen-bond donors (Lipinski definition) is 2. The van der Waals surface area contributed by atoms with Crippen molar-refractivity contribution in [1.29, 1.82) is 0 Å². The Balaban J connectivity index is 2.20. The van der Waals surface area contributed by atoms with Crippen molar-refractivity contribution in [3.05, 3.63) is 41.6 Å². The van der Waals surface area contributed by atoms with E-state index >= 15 is 0 Å². The third-order valence-corrected chi connectivity index (χ3v) is 2.17. The molecule has 2 rings (SSSR count). The molecule has 1 aromatic carbocycles. The van der Waals surface area contributed by atoms with E-state index in [0.29, 0.717) is 0 Å². The molecule has 0 saturated carbocycles. The van der Waals surface area contributed by atoms with Crippen molar-refractivity contribution in [3.8, 4) is 0 Å². The molecule has 4 heteroatoms. The fourth-order valence-electron chi connectivity index (χ4n) is 1.15. The molecule has 0 saturated heterocycles. The predicted octanol–water partition coefficient (Wildman–Crippen LogP) is 1.68. The van der Waals surface area contributed by atoms with Gasteiger partial charge in [-0.15, -0.1) is 17.7 Å². The lowest BCUT2D eigenvalue weighted by atomic mass is 10.1. The standard InChI is InChI=1S/C9H9N3S/c13-9-8(10-12-11-9)6-7-4-2-1-3-5-7/h1-5H,6H2,(H2,10,11,12,13). The zero-order valence-corrected chi connectivity index (χ0v) is 7.83. The Morgan fingerprint density at radius 1 is 1.23 bits per heavy atom. The van der Waals surface area contributed by atoms with Crippen molar-refractivity contribution in [2.45, 2.75) is 11.4 Å². The fourth-order valence-corrected chi connectivity index (χ4v) is 1.32. The number of benzene rings is 1. The van der Waals surface area contributed by atoms with Crippen molar-refractivity contribution in [3.63, 3.8) is 0 Å². The average Bonchev–Trinajstić information content (AvgIpc) is 2.54. The minimum Gasteiger partial charge on any atom is -0.252 e. The minimum atomic E-state index is 0.740. The SMILES string of the molecule is Sc1[nH]nnc1Cc1ccccc1. The molecule has 1 N–H and O–H groups in total. The molecule has 0 fully saturated rings. The van der Waals surface area contributed by atoms with Crippen LogP contribution in [-0.4, -0.2) is 15.4 Å². The lowest BCUT2D eigenvalue weighted by Gasteiger charge is -1.96. The van der Waals surface area contributed by atoms with E-state index in [2.05, 4.69) is 40.2 Å². The number of rotatable bonds is 2. The van der Waals surface area contributed by atoms with Gasteiger partial charge in [0.15, 0.2) is 0 Å². The van der Waals surface area contributed by atoms with Crippen LogP contribution >= 0.6 is 12.6 Å². The smallest absolute Gasteiger partial charge is 0.112 e. The number of aromatic nitrogens is 3. The van der Waals surface area contributed by atoms with Gasteiger partial charge in [-0.2, -0.15) is 0 Å². The molecule has 2 aromatic rings. The quantitative estimate of drug-likeness (QED) is 0.709. The highest BCUT2D eigenvalue weighted by Gasteiger charge is 2.03. The molecule has 0 amide bonds. The molecule has 0 bridgehead atoms. The van der Waals surface area contributed by atoms with Crippen LogP contribution in [0.2, 0.25) is 0 Å². The minimum absolute atomic E-state index is 0.740. The van der Waals surface area contributed by atoms with Crippen molar-refractivity contribution in [2.24, 2.45) is 0 Å². The van der Waals surface area contributed by atoms with Crippen LogP contribution in [-0.2, 0) is 6.42 Å². The third-order valence-electron chi connectivity index (χ3n) is 1.81. The topological polar surface area (TPSA) is 41.6 Å². The maximum atomic E-state index is 4.20. The number of hydrogen-bond acceptors (Lipinski definition) is 3. The first-order valence-electron chi connectivity index (χ1n) is 3.99. The predicted molar refractivity (Wildman–Crippen MR) is 52.9 cm³/mol. The van der Waals surface area contributed by atoms with Gasteiger partial charge in [0.1, 0.15) is 10.7 Å². The van der Waals surface area contributed by atoms with E-state index in [1.54, 1.807) is 0 Å². The van der Waals surface area contributed by atoms with Crippen LogP contribution < -0.4 is 0 Å². The summed E-state index contributed by atoms with van der Waals surface area (Å²) in [6, 6.07) is 10.1. The summed E-state index contributed by atoms with van der Waals surface area (Å²) in [6.07, 6.45) is 0.774. The van der Waals surface area contributed by atoms with E-state index in [1.165, 1.54) is 5.56 Å². The Morgan fingerprint density at radius 2 is 2.00 bits per heavy atom. The second-order valence-electron chi connectivity index (χ2n) is 2.77. The second-order valence-corrected chi connectivity index (χ2v) is 3.22. The number of thiol groups is 1. The van der Waals surface area contributed by atoms with Crippen LogP contribution in [0, 0.1) is 0 Å². The van der Waals surface area contributed by atoms with E-state index < -0.39 is 0 Å². The molecule has 0 aliphatic rings.